The number of rotatable bonds is 6. The van der Waals surface area contributed by atoms with Gasteiger partial charge < -0.3 is 5.11 Å². The number of hydrogen-bond acceptors (Lipinski definition) is 4. The van der Waals surface area contributed by atoms with Crippen LogP contribution in [0.5, 0.6) is 0 Å². The van der Waals surface area contributed by atoms with Gasteiger partial charge in [0.2, 0.25) is 0 Å². The smallest absolute Gasteiger partial charge is 0.335 e. The van der Waals surface area contributed by atoms with Crippen LogP contribution in [0.3, 0.4) is 0 Å². The predicted molar refractivity (Wildman–Crippen MR) is 116 cm³/mol. The van der Waals surface area contributed by atoms with Gasteiger partial charge in [0.15, 0.2) is 5.16 Å². The molecule has 4 nitrogen and oxygen atoms in total. The van der Waals surface area contributed by atoms with E-state index < -0.39 is 5.97 Å². The molecule has 29 heavy (non-hydrogen) atoms. The molecule has 4 rings (SSSR count). The van der Waals surface area contributed by atoms with Gasteiger partial charge in [-0.1, -0.05) is 84.6 Å². The van der Waals surface area contributed by atoms with Gasteiger partial charge in [0.1, 0.15) is 0 Å². The van der Waals surface area contributed by atoms with Gasteiger partial charge in [-0.3, -0.25) is 0 Å². The van der Waals surface area contributed by atoms with E-state index in [4.69, 9.17) is 9.97 Å². The summed E-state index contributed by atoms with van der Waals surface area (Å²) in [7, 11) is 0. The van der Waals surface area contributed by atoms with Crippen molar-refractivity contribution in [3.63, 3.8) is 0 Å². The zero-order valence-corrected chi connectivity index (χ0v) is 16.3. The minimum atomic E-state index is -0.925. The van der Waals surface area contributed by atoms with Crippen molar-refractivity contribution in [2.75, 3.05) is 0 Å². The Labute approximate surface area is 173 Å². The molecular weight excluding hydrogens is 380 g/mol. The van der Waals surface area contributed by atoms with E-state index in [1.165, 1.54) is 11.8 Å². The van der Waals surface area contributed by atoms with Gasteiger partial charge in [-0.25, -0.2) is 14.8 Å². The normalized spacial score (nSPS) is 10.6. The zero-order valence-electron chi connectivity index (χ0n) is 15.5. The Balaban J connectivity index is 1.67. The number of nitrogens with zero attached hydrogens (tertiary/aromatic N) is 2. The Kier molecular flexibility index (Phi) is 5.68. The molecule has 0 unspecified atom stereocenters. The van der Waals surface area contributed by atoms with E-state index in [9.17, 15) is 9.90 Å². The van der Waals surface area contributed by atoms with Crippen molar-refractivity contribution < 1.29 is 9.90 Å². The van der Waals surface area contributed by atoms with Gasteiger partial charge in [0.25, 0.3) is 0 Å². The first-order valence-electron chi connectivity index (χ1n) is 9.14. The van der Waals surface area contributed by atoms with Crippen LogP contribution in [0.4, 0.5) is 0 Å². The minimum absolute atomic E-state index is 0.284. The van der Waals surface area contributed by atoms with E-state index in [0.717, 1.165) is 28.1 Å². The second-order valence-corrected chi connectivity index (χ2v) is 7.39. The van der Waals surface area contributed by atoms with Crippen molar-refractivity contribution in [2.24, 2.45) is 0 Å². The van der Waals surface area contributed by atoms with Crippen molar-refractivity contribution in [1.82, 2.24) is 9.97 Å². The molecule has 0 amide bonds. The maximum absolute atomic E-state index is 11.2. The van der Waals surface area contributed by atoms with E-state index in [1.54, 1.807) is 18.2 Å². The fourth-order valence-corrected chi connectivity index (χ4v) is 3.75. The molecule has 0 aliphatic rings. The van der Waals surface area contributed by atoms with Gasteiger partial charge in [0.05, 0.1) is 17.0 Å². The molecule has 142 valence electrons. The molecule has 1 heterocycles. The molecule has 0 aliphatic heterocycles. The lowest BCUT2D eigenvalue weighted by Gasteiger charge is -2.09. The molecule has 3 aromatic carbocycles. The van der Waals surface area contributed by atoms with Crippen LogP contribution in [0.25, 0.3) is 22.5 Å². The molecule has 0 radical (unpaired) electrons. The summed E-state index contributed by atoms with van der Waals surface area (Å²) in [6.07, 6.45) is 0. The summed E-state index contributed by atoms with van der Waals surface area (Å²) in [6, 6.07) is 29.0. The quantitative estimate of drug-likeness (QED) is 0.328. The van der Waals surface area contributed by atoms with Crippen molar-refractivity contribution in [3.8, 4) is 22.5 Å². The van der Waals surface area contributed by atoms with Gasteiger partial charge in [-0.2, -0.15) is 0 Å². The Bertz CT molecular complexity index is 1070. The van der Waals surface area contributed by atoms with Gasteiger partial charge in [0, 0.05) is 16.9 Å². The number of carboxylic acids is 1. The van der Waals surface area contributed by atoms with Crippen molar-refractivity contribution in [2.45, 2.75) is 10.9 Å². The lowest BCUT2D eigenvalue weighted by Crippen LogP contribution is -1.97. The second-order valence-electron chi connectivity index (χ2n) is 6.45. The van der Waals surface area contributed by atoms with Crippen LogP contribution < -0.4 is 0 Å². The minimum Gasteiger partial charge on any atom is -0.478 e. The molecular formula is C24H18N2O2S. The summed E-state index contributed by atoms with van der Waals surface area (Å²) in [6.45, 7) is 0. The standard InChI is InChI=1S/C24H18N2O2S/c27-23(28)20-13-7-8-17(14-20)16-29-24-25-21(18-9-3-1-4-10-18)15-22(26-24)19-11-5-2-6-12-19/h1-15H,16H2,(H,27,28). The third-order valence-electron chi connectivity index (χ3n) is 4.39. The van der Waals surface area contributed by atoms with Crippen molar-refractivity contribution >= 4 is 17.7 Å². The molecule has 0 atom stereocenters. The monoisotopic (exact) mass is 398 g/mol. The van der Waals surface area contributed by atoms with Crippen molar-refractivity contribution in [3.05, 3.63) is 102 Å². The second kappa shape index (κ2) is 8.71. The fourth-order valence-electron chi connectivity index (χ4n) is 2.95. The highest BCUT2D eigenvalue weighted by Gasteiger charge is 2.10. The first-order valence-corrected chi connectivity index (χ1v) is 10.1. The summed E-state index contributed by atoms with van der Waals surface area (Å²) >= 11 is 1.50. The largest absolute Gasteiger partial charge is 0.478 e. The third kappa shape index (κ3) is 4.70. The Morgan fingerprint density at radius 2 is 1.34 bits per heavy atom. The summed E-state index contributed by atoms with van der Waals surface area (Å²) in [5.74, 6) is -0.335. The van der Waals surface area contributed by atoms with Gasteiger partial charge in [-0.15, -0.1) is 0 Å². The van der Waals surface area contributed by atoms with E-state index in [0.29, 0.717) is 10.9 Å². The highest BCUT2D eigenvalue weighted by atomic mass is 32.2. The third-order valence-corrected chi connectivity index (χ3v) is 5.31. The SMILES string of the molecule is O=C(O)c1cccc(CSc2nc(-c3ccccc3)cc(-c3ccccc3)n2)c1. The highest BCUT2D eigenvalue weighted by molar-refractivity contribution is 7.98. The van der Waals surface area contributed by atoms with E-state index >= 15 is 0 Å². The molecule has 4 aromatic rings. The van der Waals surface area contributed by atoms with Crippen LogP contribution in [0, 0.1) is 0 Å². The van der Waals surface area contributed by atoms with Crippen LogP contribution in [0.2, 0.25) is 0 Å². The first kappa shape index (κ1) is 18.9. The van der Waals surface area contributed by atoms with E-state index in [-0.39, 0.29) is 5.56 Å². The molecule has 0 aliphatic carbocycles. The van der Waals surface area contributed by atoms with E-state index in [2.05, 4.69) is 0 Å². The number of benzene rings is 3. The van der Waals surface area contributed by atoms with E-state index in [1.807, 2.05) is 72.8 Å². The van der Waals surface area contributed by atoms with Gasteiger partial charge in [-0.05, 0) is 23.8 Å². The number of thioether (sulfide) groups is 1. The first-order chi connectivity index (χ1) is 14.2. The summed E-state index contributed by atoms with van der Waals surface area (Å²) < 4.78 is 0. The topological polar surface area (TPSA) is 63.1 Å². The molecule has 0 spiro atoms. The number of carbonyl (C=O) groups is 1. The average molecular weight is 398 g/mol. The van der Waals surface area contributed by atoms with Crippen molar-refractivity contribution in [1.29, 1.82) is 0 Å². The maximum Gasteiger partial charge on any atom is 0.335 e. The number of hydrogen-bond donors (Lipinski definition) is 1. The van der Waals surface area contributed by atoms with Crippen LogP contribution in [-0.4, -0.2) is 21.0 Å². The number of aromatic nitrogens is 2. The Morgan fingerprint density at radius 3 is 1.90 bits per heavy atom. The van der Waals surface area contributed by atoms with Crippen LogP contribution in [0.1, 0.15) is 15.9 Å². The Morgan fingerprint density at radius 1 is 0.759 bits per heavy atom. The number of carboxylic acid groups (broad SMARTS) is 1. The lowest BCUT2D eigenvalue weighted by atomic mass is 10.1. The highest BCUT2D eigenvalue weighted by Crippen LogP contribution is 2.28. The zero-order chi connectivity index (χ0) is 20.1. The van der Waals surface area contributed by atoms with Crippen LogP contribution >= 0.6 is 11.8 Å². The molecule has 0 fully saturated rings. The molecule has 0 bridgehead atoms. The predicted octanol–water partition coefficient (Wildman–Crippen LogP) is 5.80. The van der Waals surface area contributed by atoms with Crippen LogP contribution in [-0.2, 0) is 5.75 Å². The lowest BCUT2D eigenvalue weighted by molar-refractivity contribution is 0.0697. The molecule has 1 N–H and O–H groups in total. The van der Waals surface area contributed by atoms with Gasteiger partial charge >= 0.3 is 5.97 Å². The maximum atomic E-state index is 11.2. The Hall–Kier alpha value is -3.44. The fraction of sp³-hybridized carbons (Fsp3) is 0.0417. The molecule has 0 saturated carbocycles. The summed E-state index contributed by atoms with van der Waals surface area (Å²) in [5, 5.41) is 9.85. The summed E-state index contributed by atoms with van der Waals surface area (Å²) in [5.41, 5.74) is 4.99. The summed E-state index contributed by atoms with van der Waals surface area (Å²) in [4.78, 5) is 20.7. The molecule has 5 heteroatoms. The average Bonchev–Trinajstić information content (AvgIpc) is 2.79. The molecule has 0 saturated heterocycles. The number of aromatic carboxylic acids is 1. The molecule has 1 aromatic heterocycles. The van der Waals surface area contributed by atoms with Crippen LogP contribution in [0.15, 0.2) is 96.2 Å².